The lowest BCUT2D eigenvalue weighted by Gasteiger charge is -2.23. The van der Waals surface area contributed by atoms with Crippen LogP contribution < -0.4 is 9.62 Å². The summed E-state index contributed by atoms with van der Waals surface area (Å²) < 4.78 is 27.5. The Morgan fingerprint density at radius 1 is 0.964 bits per heavy atom. The molecule has 2 aromatic rings. The fourth-order valence-electron chi connectivity index (χ4n) is 3.89. The minimum Gasteiger partial charge on any atom is -0.506 e. The largest absolute Gasteiger partial charge is 0.506 e. The van der Waals surface area contributed by atoms with Crippen molar-refractivity contribution in [1.82, 2.24) is 5.32 Å². The average molecular weight is 403 g/mol. The van der Waals surface area contributed by atoms with Crippen LogP contribution >= 0.6 is 0 Å². The van der Waals surface area contributed by atoms with Gasteiger partial charge >= 0.3 is 0 Å². The Kier molecular flexibility index (Phi) is 6.62. The van der Waals surface area contributed by atoms with Crippen LogP contribution in [0.1, 0.15) is 62.6 Å². The number of unbranched alkanes of at least 4 members (excludes halogenated alkanes) is 5. The first-order valence-corrected chi connectivity index (χ1v) is 11.6. The third-order valence-corrected chi connectivity index (χ3v) is 7.25. The summed E-state index contributed by atoms with van der Waals surface area (Å²) in [4.78, 5) is 0.286. The van der Waals surface area contributed by atoms with E-state index in [1.54, 1.807) is 18.2 Å². The molecule has 0 aromatic heterocycles. The third-order valence-electron chi connectivity index (χ3n) is 5.42. The van der Waals surface area contributed by atoms with Crippen LogP contribution in [0.15, 0.2) is 47.4 Å². The summed E-state index contributed by atoms with van der Waals surface area (Å²) in [6.07, 6.45) is 7.21. The van der Waals surface area contributed by atoms with E-state index >= 15 is 0 Å². The molecule has 6 heteroatoms. The van der Waals surface area contributed by atoms with E-state index in [1.807, 2.05) is 18.2 Å². The monoisotopic (exact) mass is 402 g/mol. The smallest absolute Gasteiger partial charge is 0.264 e. The van der Waals surface area contributed by atoms with Crippen molar-refractivity contribution in [2.24, 2.45) is 0 Å². The summed E-state index contributed by atoms with van der Waals surface area (Å²) in [6, 6.07) is 12.0. The fraction of sp³-hybridized carbons (Fsp3) is 0.455. The average Bonchev–Trinajstić information content (AvgIpc) is 2.75. The first kappa shape index (κ1) is 20.7. The van der Waals surface area contributed by atoms with Crippen LogP contribution in [-0.4, -0.2) is 27.1 Å². The van der Waals surface area contributed by atoms with Crippen molar-refractivity contribution in [1.29, 1.82) is 0 Å². The zero-order valence-electron chi connectivity index (χ0n) is 16.7. The van der Waals surface area contributed by atoms with E-state index in [2.05, 4.69) is 12.2 Å². The number of nitrogens with zero attached hydrogens (tertiary/aromatic N) is 1. The van der Waals surface area contributed by atoms with Crippen LogP contribution in [0.2, 0.25) is 0 Å². The fourth-order valence-corrected chi connectivity index (χ4v) is 5.35. The summed E-state index contributed by atoms with van der Waals surface area (Å²) in [7, 11) is -2.24. The SMILES string of the molecule is CCCCCCCCNC1c2ccccc2S(=O)(=O)N(C)c2c(O)cccc21. The summed E-state index contributed by atoms with van der Waals surface area (Å²) in [5.41, 5.74) is 1.85. The molecule has 3 rings (SSSR count). The topological polar surface area (TPSA) is 69.6 Å². The molecule has 1 heterocycles. The van der Waals surface area contributed by atoms with Crippen LogP contribution in [0.5, 0.6) is 5.75 Å². The van der Waals surface area contributed by atoms with Crippen LogP contribution in [-0.2, 0) is 10.0 Å². The minimum atomic E-state index is -3.74. The molecule has 0 saturated carbocycles. The van der Waals surface area contributed by atoms with E-state index in [0.717, 1.165) is 30.5 Å². The highest BCUT2D eigenvalue weighted by molar-refractivity contribution is 7.92. The Balaban J connectivity index is 1.91. The van der Waals surface area contributed by atoms with E-state index in [4.69, 9.17) is 0 Å². The zero-order chi connectivity index (χ0) is 20.1. The predicted molar refractivity (Wildman–Crippen MR) is 113 cm³/mol. The number of nitrogens with one attached hydrogen (secondary N) is 1. The molecule has 5 nitrogen and oxygen atoms in total. The Hall–Kier alpha value is -2.05. The van der Waals surface area contributed by atoms with Crippen molar-refractivity contribution in [2.75, 3.05) is 17.9 Å². The maximum Gasteiger partial charge on any atom is 0.264 e. The molecule has 0 aliphatic carbocycles. The van der Waals surface area contributed by atoms with Gasteiger partial charge < -0.3 is 10.4 Å². The van der Waals surface area contributed by atoms with Gasteiger partial charge in [-0.25, -0.2) is 8.42 Å². The molecule has 152 valence electrons. The van der Waals surface area contributed by atoms with Crippen LogP contribution in [0.25, 0.3) is 0 Å². The summed E-state index contributed by atoms with van der Waals surface area (Å²) in [6.45, 7) is 3.01. The van der Waals surface area contributed by atoms with Gasteiger partial charge in [-0.3, -0.25) is 4.31 Å². The van der Waals surface area contributed by atoms with Gasteiger partial charge in [0.15, 0.2) is 0 Å². The molecule has 2 N–H and O–H groups in total. The molecule has 0 saturated heterocycles. The maximum atomic E-state index is 13.1. The van der Waals surface area contributed by atoms with Gasteiger partial charge in [0, 0.05) is 12.6 Å². The Bertz CT molecular complexity index is 912. The molecule has 0 fully saturated rings. The number of sulfonamides is 1. The van der Waals surface area contributed by atoms with E-state index in [1.165, 1.54) is 43.1 Å². The molecule has 0 bridgehead atoms. The van der Waals surface area contributed by atoms with Gasteiger partial charge in [-0.2, -0.15) is 0 Å². The molecular formula is C22H30N2O3S. The lowest BCUT2D eigenvalue weighted by Crippen LogP contribution is -2.26. The van der Waals surface area contributed by atoms with Crippen molar-refractivity contribution in [3.8, 4) is 5.75 Å². The molecule has 1 atom stereocenters. The molecule has 1 aliphatic heterocycles. The summed E-state index contributed by atoms with van der Waals surface area (Å²) in [5.74, 6) is -0.0252. The van der Waals surface area contributed by atoms with E-state index in [0.29, 0.717) is 5.69 Å². The van der Waals surface area contributed by atoms with Crippen molar-refractivity contribution < 1.29 is 13.5 Å². The number of para-hydroxylation sites is 1. The van der Waals surface area contributed by atoms with Crippen LogP contribution in [0.4, 0.5) is 5.69 Å². The zero-order valence-corrected chi connectivity index (χ0v) is 17.5. The molecule has 1 aliphatic rings. The van der Waals surface area contributed by atoms with Crippen molar-refractivity contribution in [2.45, 2.75) is 56.4 Å². The second-order valence-electron chi connectivity index (χ2n) is 7.38. The van der Waals surface area contributed by atoms with Gasteiger partial charge in [-0.1, -0.05) is 69.4 Å². The standard InChI is InChI=1S/C22H30N2O3S/c1-3-4-5-6-7-10-16-23-21-17-12-8-9-15-20(17)28(26,27)24(2)22-18(21)13-11-14-19(22)25/h8-9,11-15,21,23,25H,3-7,10,16H2,1-2H3. The molecule has 0 radical (unpaired) electrons. The van der Waals surface area contributed by atoms with Gasteiger partial charge in [0.25, 0.3) is 10.0 Å². The quantitative estimate of drug-likeness (QED) is 0.635. The highest BCUT2D eigenvalue weighted by atomic mass is 32.2. The van der Waals surface area contributed by atoms with Crippen LogP contribution in [0.3, 0.4) is 0 Å². The molecule has 0 amide bonds. The van der Waals surface area contributed by atoms with Gasteiger partial charge in [0.2, 0.25) is 0 Å². The first-order chi connectivity index (χ1) is 13.5. The van der Waals surface area contributed by atoms with Gasteiger partial charge in [-0.15, -0.1) is 0 Å². The normalized spacial score (nSPS) is 17.6. The van der Waals surface area contributed by atoms with Crippen molar-refractivity contribution >= 4 is 15.7 Å². The lowest BCUT2D eigenvalue weighted by atomic mass is 9.96. The van der Waals surface area contributed by atoms with E-state index in [-0.39, 0.29) is 16.7 Å². The number of fused-ring (bicyclic) bond motifs is 2. The number of phenolic OH excluding ortho intramolecular Hbond substituents is 1. The van der Waals surface area contributed by atoms with Gasteiger partial charge in [0.05, 0.1) is 16.6 Å². The van der Waals surface area contributed by atoms with Crippen LogP contribution in [0, 0.1) is 0 Å². The van der Waals surface area contributed by atoms with Crippen molar-refractivity contribution in [3.63, 3.8) is 0 Å². The molecule has 1 unspecified atom stereocenters. The predicted octanol–water partition coefficient (Wildman–Crippen LogP) is 4.57. The Morgan fingerprint density at radius 3 is 2.43 bits per heavy atom. The maximum absolute atomic E-state index is 13.1. The van der Waals surface area contributed by atoms with E-state index in [9.17, 15) is 13.5 Å². The van der Waals surface area contributed by atoms with Gasteiger partial charge in [0.1, 0.15) is 5.75 Å². The number of benzene rings is 2. The van der Waals surface area contributed by atoms with E-state index < -0.39 is 10.0 Å². The number of hydrogen-bond donors (Lipinski definition) is 2. The number of aromatic hydroxyl groups is 1. The molecule has 0 spiro atoms. The second kappa shape index (κ2) is 8.97. The third kappa shape index (κ3) is 4.03. The summed E-state index contributed by atoms with van der Waals surface area (Å²) in [5, 5.41) is 14.0. The number of anilines is 1. The summed E-state index contributed by atoms with van der Waals surface area (Å²) >= 11 is 0. The lowest BCUT2D eigenvalue weighted by molar-refractivity contribution is 0.474. The number of hydrogen-bond acceptors (Lipinski definition) is 4. The minimum absolute atomic E-state index is 0.0252. The number of phenols is 1. The molecular weight excluding hydrogens is 372 g/mol. The number of rotatable bonds is 8. The molecule has 28 heavy (non-hydrogen) atoms. The Labute approximate surface area is 168 Å². The van der Waals surface area contributed by atoms with Crippen molar-refractivity contribution in [3.05, 3.63) is 53.6 Å². The molecule has 2 aromatic carbocycles. The van der Waals surface area contributed by atoms with Gasteiger partial charge in [-0.05, 0) is 30.7 Å². The second-order valence-corrected chi connectivity index (χ2v) is 9.32. The first-order valence-electron chi connectivity index (χ1n) is 10.1. The highest BCUT2D eigenvalue weighted by Crippen LogP contribution is 2.43. The highest BCUT2D eigenvalue weighted by Gasteiger charge is 2.35. The Morgan fingerprint density at radius 2 is 1.64 bits per heavy atom.